The number of Topliss-reactive ketones (excluding diaryl/α,β-unsaturated/α-hetero) is 1. The van der Waals surface area contributed by atoms with E-state index in [4.69, 9.17) is 0 Å². The van der Waals surface area contributed by atoms with Crippen LogP contribution in [0.1, 0.15) is 33.6 Å². The molecule has 6 heteroatoms. The Morgan fingerprint density at radius 1 is 0.939 bits per heavy atom. The molecule has 1 aliphatic rings. The lowest BCUT2D eigenvalue weighted by Gasteiger charge is -2.32. The molecule has 1 aliphatic heterocycles. The minimum Gasteiger partial charge on any atom is -0.338 e. The summed E-state index contributed by atoms with van der Waals surface area (Å²) in [6.07, 6.45) is 4.53. The molecule has 164 valence electrons. The predicted octanol–water partition coefficient (Wildman–Crippen LogP) is 5.17. The maximum absolute atomic E-state index is 14.8. The van der Waals surface area contributed by atoms with E-state index < -0.39 is 5.82 Å². The number of hydrogen-bond donors (Lipinski definition) is 0. The van der Waals surface area contributed by atoms with E-state index in [1.165, 1.54) is 6.07 Å². The average Bonchev–Trinajstić information content (AvgIpc) is 2.88. The smallest absolute Gasteiger partial charge is 0.256 e. The van der Waals surface area contributed by atoms with Gasteiger partial charge in [-0.05, 0) is 36.6 Å². The van der Waals surface area contributed by atoms with E-state index in [9.17, 15) is 14.0 Å². The number of carbonyl (C=O) groups excluding carboxylic acids is 2. The van der Waals surface area contributed by atoms with Gasteiger partial charge in [0.1, 0.15) is 11.3 Å². The minimum absolute atomic E-state index is 0.135. The Kier molecular flexibility index (Phi) is 5.65. The topological polar surface area (TPSA) is 63.2 Å². The first-order chi connectivity index (χ1) is 16.1. The highest BCUT2D eigenvalue weighted by molar-refractivity contribution is 6.05. The molecule has 2 heterocycles. The normalized spacial score (nSPS) is 16.0. The number of hydrogen-bond acceptors (Lipinski definition) is 4. The number of aromatic nitrogens is 2. The highest BCUT2D eigenvalue weighted by atomic mass is 19.1. The molecule has 1 saturated heterocycles. The number of para-hydroxylation sites is 1. The van der Waals surface area contributed by atoms with Gasteiger partial charge < -0.3 is 4.90 Å². The van der Waals surface area contributed by atoms with Gasteiger partial charge in [-0.15, -0.1) is 0 Å². The summed E-state index contributed by atoms with van der Waals surface area (Å²) in [5.41, 5.74) is 3.25. The van der Waals surface area contributed by atoms with Crippen LogP contribution in [0.15, 0.2) is 79.1 Å². The molecular weight excluding hydrogens is 417 g/mol. The second-order valence-electron chi connectivity index (χ2n) is 8.24. The Morgan fingerprint density at radius 2 is 1.76 bits per heavy atom. The van der Waals surface area contributed by atoms with Crippen molar-refractivity contribution >= 4 is 22.7 Å². The van der Waals surface area contributed by atoms with Crippen molar-refractivity contribution in [2.24, 2.45) is 5.92 Å². The predicted molar refractivity (Wildman–Crippen MR) is 124 cm³/mol. The fourth-order valence-corrected chi connectivity index (χ4v) is 4.47. The van der Waals surface area contributed by atoms with Gasteiger partial charge in [0.05, 0.1) is 11.1 Å². The molecule has 0 spiro atoms. The molecule has 1 amide bonds. The van der Waals surface area contributed by atoms with Crippen LogP contribution in [-0.2, 0) is 0 Å². The maximum Gasteiger partial charge on any atom is 0.256 e. The van der Waals surface area contributed by atoms with Crippen LogP contribution in [0, 0.1) is 11.7 Å². The number of ketones is 1. The summed E-state index contributed by atoms with van der Waals surface area (Å²) in [5.74, 6) is -1.09. The molecule has 1 aromatic heterocycles. The summed E-state index contributed by atoms with van der Waals surface area (Å²) in [7, 11) is 0. The van der Waals surface area contributed by atoms with E-state index in [-0.39, 0.29) is 17.6 Å². The van der Waals surface area contributed by atoms with Gasteiger partial charge in [0, 0.05) is 42.5 Å². The molecule has 1 fully saturated rings. The van der Waals surface area contributed by atoms with Crippen LogP contribution in [0.5, 0.6) is 0 Å². The first-order valence-electron chi connectivity index (χ1n) is 11.0. The van der Waals surface area contributed by atoms with Gasteiger partial charge in [-0.2, -0.15) is 0 Å². The van der Waals surface area contributed by atoms with Crippen molar-refractivity contribution < 1.29 is 14.0 Å². The maximum atomic E-state index is 14.8. The van der Waals surface area contributed by atoms with Gasteiger partial charge in [0.2, 0.25) is 0 Å². The van der Waals surface area contributed by atoms with Crippen molar-refractivity contribution in [2.45, 2.75) is 12.8 Å². The van der Waals surface area contributed by atoms with Crippen LogP contribution in [0.4, 0.5) is 4.39 Å². The summed E-state index contributed by atoms with van der Waals surface area (Å²) in [6.45, 7) is 0.872. The number of halogens is 1. The van der Waals surface area contributed by atoms with Gasteiger partial charge in [-0.25, -0.2) is 4.39 Å². The number of nitrogens with zero attached hydrogens (tertiary/aromatic N) is 3. The molecule has 33 heavy (non-hydrogen) atoms. The summed E-state index contributed by atoms with van der Waals surface area (Å²) in [5, 5.41) is 0. The van der Waals surface area contributed by atoms with Gasteiger partial charge in [-0.3, -0.25) is 19.6 Å². The highest BCUT2D eigenvalue weighted by Crippen LogP contribution is 2.27. The first kappa shape index (κ1) is 20.9. The third-order valence-electron chi connectivity index (χ3n) is 6.15. The molecule has 0 aliphatic carbocycles. The van der Waals surface area contributed by atoms with E-state index >= 15 is 0 Å². The molecule has 0 N–H and O–H groups in total. The third kappa shape index (κ3) is 4.12. The van der Waals surface area contributed by atoms with E-state index in [0.717, 1.165) is 5.56 Å². The third-order valence-corrected chi connectivity index (χ3v) is 6.15. The molecule has 3 aromatic carbocycles. The number of piperidine rings is 1. The fraction of sp³-hybridized carbons (Fsp3) is 0.185. The van der Waals surface area contributed by atoms with Crippen molar-refractivity contribution in [2.75, 3.05) is 13.1 Å². The Morgan fingerprint density at radius 3 is 2.58 bits per heavy atom. The number of fused-ring (bicyclic) bond motifs is 1. The van der Waals surface area contributed by atoms with Crippen molar-refractivity contribution in [3.05, 3.63) is 96.1 Å². The van der Waals surface area contributed by atoms with Crippen molar-refractivity contribution in [3.8, 4) is 11.1 Å². The van der Waals surface area contributed by atoms with Gasteiger partial charge >= 0.3 is 0 Å². The number of benzene rings is 3. The van der Waals surface area contributed by atoms with Gasteiger partial charge in [-0.1, -0.05) is 48.5 Å². The summed E-state index contributed by atoms with van der Waals surface area (Å²) in [4.78, 5) is 36.7. The van der Waals surface area contributed by atoms with E-state index in [1.54, 1.807) is 41.6 Å². The number of amides is 1. The summed E-state index contributed by atoms with van der Waals surface area (Å²) >= 11 is 0. The molecule has 0 saturated carbocycles. The lowest BCUT2D eigenvalue weighted by molar-refractivity contribution is 0.0638. The lowest BCUT2D eigenvalue weighted by Crippen LogP contribution is -2.42. The second-order valence-corrected chi connectivity index (χ2v) is 8.24. The van der Waals surface area contributed by atoms with Gasteiger partial charge in [0.15, 0.2) is 5.78 Å². The van der Waals surface area contributed by atoms with E-state index in [0.29, 0.717) is 53.7 Å². The SMILES string of the molecule is O=C(c1ccc(-c2ccccc2)c(F)c1)[C@@H]1CCCN(C(=O)c2cccc3nccnc23)C1. The monoisotopic (exact) mass is 439 g/mol. The zero-order valence-corrected chi connectivity index (χ0v) is 17.9. The van der Waals surface area contributed by atoms with Crippen molar-refractivity contribution in [3.63, 3.8) is 0 Å². The molecule has 1 atom stereocenters. The molecule has 0 bridgehead atoms. The Balaban J connectivity index is 1.36. The average molecular weight is 439 g/mol. The van der Waals surface area contributed by atoms with Crippen molar-refractivity contribution in [1.82, 2.24) is 14.9 Å². The molecule has 5 rings (SSSR count). The number of carbonyl (C=O) groups is 2. The lowest BCUT2D eigenvalue weighted by atomic mass is 9.89. The van der Waals surface area contributed by atoms with Gasteiger partial charge in [0.25, 0.3) is 5.91 Å². The van der Waals surface area contributed by atoms with Crippen LogP contribution in [-0.4, -0.2) is 39.6 Å². The number of likely N-dealkylation sites (tertiary alicyclic amines) is 1. The Labute approximate surface area is 190 Å². The van der Waals surface area contributed by atoms with Crippen molar-refractivity contribution in [1.29, 1.82) is 0 Å². The summed E-state index contributed by atoms with van der Waals surface area (Å²) in [6, 6.07) is 19.2. The number of rotatable bonds is 4. The molecule has 4 aromatic rings. The van der Waals surface area contributed by atoms with E-state index in [1.807, 2.05) is 36.4 Å². The fourth-order valence-electron chi connectivity index (χ4n) is 4.47. The second kappa shape index (κ2) is 8.90. The minimum atomic E-state index is -0.426. The quantitative estimate of drug-likeness (QED) is 0.412. The molecule has 0 radical (unpaired) electrons. The Hall–Kier alpha value is -3.93. The standard InChI is InChI=1S/C27H22FN3O2/c28-23-16-19(11-12-21(23)18-6-2-1-3-7-18)26(32)20-8-5-15-31(17-20)27(33)22-9-4-10-24-25(22)30-14-13-29-24/h1-4,6-7,9-14,16,20H,5,8,15,17H2/t20-/m1/s1. The summed E-state index contributed by atoms with van der Waals surface area (Å²) < 4.78 is 14.8. The van der Waals surface area contributed by atoms with Crippen LogP contribution in [0.3, 0.4) is 0 Å². The van der Waals surface area contributed by atoms with Crippen LogP contribution in [0.25, 0.3) is 22.2 Å². The molecule has 0 unspecified atom stereocenters. The molecule has 5 nitrogen and oxygen atoms in total. The molecular formula is C27H22FN3O2. The highest BCUT2D eigenvalue weighted by Gasteiger charge is 2.30. The Bertz CT molecular complexity index is 1330. The van der Waals surface area contributed by atoms with Crippen LogP contribution in [0.2, 0.25) is 0 Å². The zero-order chi connectivity index (χ0) is 22.8. The first-order valence-corrected chi connectivity index (χ1v) is 11.0. The van der Waals surface area contributed by atoms with Crippen LogP contribution >= 0.6 is 0 Å². The van der Waals surface area contributed by atoms with E-state index in [2.05, 4.69) is 9.97 Å². The van der Waals surface area contributed by atoms with Crippen LogP contribution < -0.4 is 0 Å². The zero-order valence-electron chi connectivity index (χ0n) is 17.9. The largest absolute Gasteiger partial charge is 0.338 e.